The molecule has 0 spiro atoms. The Bertz CT molecular complexity index is 338. The first-order chi connectivity index (χ1) is 8.74. The zero-order valence-electron chi connectivity index (χ0n) is 12.2. The van der Waals surface area contributed by atoms with E-state index in [1.165, 1.54) is 11.1 Å². The summed E-state index contributed by atoms with van der Waals surface area (Å²) in [6.45, 7) is 8.53. The molecule has 0 aliphatic rings. The van der Waals surface area contributed by atoms with E-state index in [4.69, 9.17) is 4.74 Å². The standard InChI is InChI=1S/C16H27NO/c1-5-14-9-7-8-10-15(14)16(17-6-2)13(3)11-12-18-4/h7-10,13,16-17H,5-6,11-12H2,1-4H3. The van der Waals surface area contributed by atoms with Gasteiger partial charge in [0.1, 0.15) is 0 Å². The number of rotatable bonds is 8. The Morgan fingerprint density at radius 3 is 2.56 bits per heavy atom. The lowest BCUT2D eigenvalue weighted by atomic mass is 9.88. The highest BCUT2D eigenvalue weighted by atomic mass is 16.5. The van der Waals surface area contributed by atoms with Crippen LogP contribution in [0.2, 0.25) is 0 Å². The number of methoxy groups -OCH3 is 1. The molecule has 1 aromatic rings. The summed E-state index contributed by atoms with van der Waals surface area (Å²) in [4.78, 5) is 0. The lowest BCUT2D eigenvalue weighted by Crippen LogP contribution is -2.28. The Morgan fingerprint density at radius 2 is 1.94 bits per heavy atom. The van der Waals surface area contributed by atoms with Gasteiger partial charge in [0.2, 0.25) is 0 Å². The summed E-state index contributed by atoms with van der Waals surface area (Å²) in [7, 11) is 1.77. The molecule has 0 heterocycles. The van der Waals surface area contributed by atoms with Crippen molar-refractivity contribution in [1.82, 2.24) is 5.32 Å². The number of benzene rings is 1. The van der Waals surface area contributed by atoms with Gasteiger partial charge in [-0.25, -0.2) is 0 Å². The SMILES string of the molecule is CCNC(c1ccccc1CC)C(C)CCOC. The molecule has 0 aliphatic carbocycles. The molecule has 18 heavy (non-hydrogen) atoms. The minimum absolute atomic E-state index is 0.432. The van der Waals surface area contributed by atoms with Crippen molar-refractivity contribution in [2.45, 2.75) is 39.7 Å². The summed E-state index contributed by atoms with van der Waals surface area (Å²) in [5, 5.41) is 3.63. The zero-order chi connectivity index (χ0) is 13.4. The summed E-state index contributed by atoms with van der Waals surface area (Å²) < 4.78 is 5.21. The molecule has 1 N–H and O–H groups in total. The summed E-state index contributed by atoms with van der Waals surface area (Å²) in [6, 6.07) is 9.20. The molecule has 2 nitrogen and oxygen atoms in total. The van der Waals surface area contributed by atoms with E-state index in [1.807, 2.05) is 0 Å². The predicted molar refractivity (Wildman–Crippen MR) is 77.9 cm³/mol. The Balaban J connectivity index is 2.88. The van der Waals surface area contributed by atoms with E-state index in [9.17, 15) is 0 Å². The second kappa shape index (κ2) is 8.28. The molecule has 2 atom stereocenters. The first kappa shape index (κ1) is 15.2. The maximum atomic E-state index is 5.21. The molecule has 102 valence electrons. The van der Waals surface area contributed by atoms with Crippen LogP contribution in [0.15, 0.2) is 24.3 Å². The molecule has 0 saturated heterocycles. The first-order valence-electron chi connectivity index (χ1n) is 7.04. The van der Waals surface area contributed by atoms with Crippen LogP contribution in [0.25, 0.3) is 0 Å². The van der Waals surface area contributed by atoms with E-state index in [0.29, 0.717) is 12.0 Å². The molecule has 0 bridgehead atoms. The monoisotopic (exact) mass is 249 g/mol. The average Bonchev–Trinajstić information content (AvgIpc) is 2.42. The maximum Gasteiger partial charge on any atom is 0.0465 e. The second-order valence-electron chi connectivity index (χ2n) is 4.85. The minimum Gasteiger partial charge on any atom is -0.385 e. The maximum absolute atomic E-state index is 5.21. The molecule has 1 aromatic carbocycles. The van der Waals surface area contributed by atoms with Crippen molar-refractivity contribution in [3.05, 3.63) is 35.4 Å². The highest BCUT2D eigenvalue weighted by Gasteiger charge is 2.19. The molecular formula is C16H27NO. The quantitative estimate of drug-likeness (QED) is 0.760. The molecule has 0 saturated carbocycles. The lowest BCUT2D eigenvalue weighted by molar-refractivity contribution is 0.170. The van der Waals surface area contributed by atoms with Gasteiger partial charge < -0.3 is 10.1 Å². The summed E-state index contributed by atoms with van der Waals surface area (Å²) in [6.07, 6.45) is 2.18. The molecule has 2 unspecified atom stereocenters. The van der Waals surface area contributed by atoms with Gasteiger partial charge in [0.25, 0.3) is 0 Å². The fourth-order valence-corrected chi connectivity index (χ4v) is 2.47. The van der Waals surface area contributed by atoms with Crippen LogP contribution in [-0.4, -0.2) is 20.3 Å². The van der Waals surface area contributed by atoms with Crippen molar-refractivity contribution in [1.29, 1.82) is 0 Å². The molecule has 0 amide bonds. The molecule has 2 heteroatoms. The summed E-state index contributed by atoms with van der Waals surface area (Å²) in [5.41, 5.74) is 2.90. The van der Waals surface area contributed by atoms with Crippen LogP contribution in [0, 0.1) is 5.92 Å². The van der Waals surface area contributed by atoms with Crippen molar-refractivity contribution in [3.63, 3.8) is 0 Å². The third kappa shape index (κ3) is 4.11. The van der Waals surface area contributed by atoms with Crippen LogP contribution < -0.4 is 5.32 Å². The molecular weight excluding hydrogens is 222 g/mol. The molecule has 0 aromatic heterocycles. The van der Waals surface area contributed by atoms with Crippen molar-refractivity contribution in [2.75, 3.05) is 20.3 Å². The van der Waals surface area contributed by atoms with Gasteiger partial charge >= 0.3 is 0 Å². The van der Waals surface area contributed by atoms with Crippen LogP contribution in [0.4, 0.5) is 0 Å². The van der Waals surface area contributed by atoms with Gasteiger partial charge in [-0.2, -0.15) is 0 Å². The third-order valence-corrected chi connectivity index (χ3v) is 3.54. The summed E-state index contributed by atoms with van der Waals surface area (Å²) >= 11 is 0. The van der Waals surface area contributed by atoms with Gasteiger partial charge in [0.05, 0.1) is 0 Å². The van der Waals surface area contributed by atoms with Crippen molar-refractivity contribution in [3.8, 4) is 0 Å². The van der Waals surface area contributed by atoms with E-state index in [1.54, 1.807) is 7.11 Å². The highest BCUT2D eigenvalue weighted by Crippen LogP contribution is 2.27. The fraction of sp³-hybridized carbons (Fsp3) is 0.625. The predicted octanol–water partition coefficient (Wildman–Crippen LogP) is 3.57. The second-order valence-corrected chi connectivity index (χ2v) is 4.85. The lowest BCUT2D eigenvalue weighted by Gasteiger charge is -2.27. The number of hydrogen-bond donors (Lipinski definition) is 1. The number of ether oxygens (including phenoxy) is 1. The fourth-order valence-electron chi connectivity index (χ4n) is 2.47. The van der Waals surface area contributed by atoms with E-state index in [-0.39, 0.29) is 0 Å². The van der Waals surface area contributed by atoms with Gasteiger partial charge in [-0.1, -0.05) is 45.0 Å². The van der Waals surface area contributed by atoms with Crippen molar-refractivity contribution >= 4 is 0 Å². The van der Waals surface area contributed by atoms with Crippen LogP contribution in [0.5, 0.6) is 0 Å². The minimum atomic E-state index is 0.432. The highest BCUT2D eigenvalue weighted by molar-refractivity contribution is 5.30. The van der Waals surface area contributed by atoms with Gasteiger partial charge in [-0.05, 0) is 36.4 Å². The normalized spacial score (nSPS) is 14.4. The molecule has 1 rings (SSSR count). The number of nitrogens with one attached hydrogen (secondary N) is 1. The van der Waals surface area contributed by atoms with E-state index in [2.05, 4.69) is 50.4 Å². The van der Waals surface area contributed by atoms with Crippen LogP contribution in [0.3, 0.4) is 0 Å². The van der Waals surface area contributed by atoms with Gasteiger partial charge in [-0.15, -0.1) is 0 Å². The molecule has 0 fully saturated rings. The smallest absolute Gasteiger partial charge is 0.0465 e. The Hall–Kier alpha value is -0.860. The van der Waals surface area contributed by atoms with E-state index < -0.39 is 0 Å². The van der Waals surface area contributed by atoms with Gasteiger partial charge in [-0.3, -0.25) is 0 Å². The Morgan fingerprint density at radius 1 is 1.22 bits per heavy atom. The summed E-state index contributed by atoms with van der Waals surface area (Å²) in [5.74, 6) is 0.581. The average molecular weight is 249 g/mol. The number of hydrogen-bond acceptors (Lipinski definition) is 2. The Kier molecular flexibility index (Phi) is 6.99. The molecule has 0 aliphatic heterocycles. The topological polar surface area (TPSA) is 21.3 Å². The molecule has 0 radical (unpaired) electrons. The van der Waals surface area contributed by atoms with Crippen LogP contribution >= 0.6 is 0 Å². The Labute approximate surface area is 112 Å². The van der Waals surface area contributed by atoms with E-state index in [0.717, 1.165) is 26.0 Å². The third-order valence-electron chi connectivity index (χ3n) is 3.54. The first-order valence-corrected chi connectivity index (χ1v) is 7.04. The van der Waals surface area contributed by atoms with Crippen LogP contribution in [0.1, 0.15) is 44.4 Å². The van der Waals surface area contributed by atoms with E-state index >= 15 is 0 Å². The van der Waals surface area contributed by atoms with Crippen LogP contribution in [-0.2, 0) is 11.2 Å². The number of aryl methyl sites for hydroxylation is 1. The van der Waals surface area contributed by atoms with Gasteiger partial charge in [0.15, 0.2) is 0 Å². The van der Waals surface area contributed by atoms with Crippen molar-refractivity contribution in [2.24, 2.45) is 5.92 Å². The van der Waals surface area contributed by atoms with Gasteiger partial charge in [0, 0.05) is 19.8 Å². The zero-order valence-corrected chi connectivity index (χ0v) is 12.2. The largest absolute Gasteiger partial charge is 0.385 e. The van der Waals surface area contributed by atoms with Crippen molar-refractivity contribution < 1.29 is 4.74 Å².